The molecule has 1 aliphatic heterocycles. The molecule has 5 nitrogen and oxygen atoms in total. The predicted octanol–water partition coefficient (Wildman–Crippen LogP) is 2.54. The summed E-state index contributed by atoms with van der Waals surface area (Å²) in [6, 6.07) is 3.74. The monoisotopic (exact) mass is 353 g/mol. The first-order chi connectivity index (χ1) is 11.9. The van der Waals surface area contributed by atoms with Crippen LogP contribution in [0.3, 0.4) is 0 Å². The number of rotatable bonds is 4. The number of pyridine rings is 1. The molecule has 0 radical (unpaired) electrons. The number of fused-ring (bicyclic) bond motifs is 1. The highest BCUT2D eigenvalue weighted by Gasteiger charge is 2.23. The summed E-state index contributed by atoms with van der Waals surface area (Å²) in [7, 11) is 0. The van der Waals surface area contributed by atoms with Crippen molar-refractivity contribution < 1.29 is 23.1 Å². The minimum absolute atomic E-state index is 0.0892. The number of halogens is 3. The van der Waals surface area contributed by atoms with Gasteiger partial charge in [0.2, 0.25) is 0 Å². The maximum atomic E-state index is 13.4. The van der Waals surface area contributed by atoms with E-state index in [1.807, 2.05) is 0 Å². The van der Waals surface area contributed by atoms with Gasteiger partial charge in [0.05, 0.1) is 17.6 Å². The Labute approximate surface area is 142 Å². The largest absolute Gasteiger partial charge is 0.505 e. The minimum atomic E-state index is -2.35. The summed E-state index contributed by atoms with van der Waals surface area (Å²) in [6.07, 6.45) is 0.208. The molecule has 0 bridgehead atoms. The van der Waals surface area contributed by atoms with Crippen molar-refractivity contribution in [2.75, 3.05) is 19.6 Å². The Hall–Kier alpha value is -2.35. The Morgan fingerprint density at radius 2 is 2.04 bits per heavy atom. The number of hydrogen-bond acceptors (Lipinski definition) is 4. The van der Waals surface area contributed by atoms with Crippen LogP contribution in [0.25, 0.3) is 10.9 Å². The molecule has 134 valence electrons. The molecule has 2 heterocycles. The van der Waals surface area contributed by atoms with Gasteiger partial charge in [0.25, 0.3) is 12.3 Å². The number of aromatic nitrogens is 1. The van der Waals surface area contributed by atoms with Crippen molar-refractivity contribution in [2.24, 2.45) is 0 Å². The average molecular weight is 353 g/mol. The van der Waals surface area contributed by atoms with Crippen LogP contribution in [-0.4, -0.2) is 53.0 Å². The molecule has 1 aromatic heterocycles. The van der Waals surface area contributed by atoms with Gasteiger partial charge in [0, 0.05) is 36.8 Å². The Bertz CT molecular complexity index is 777. The van der Waals surface area contributed by atoms with Gasteiger partial charge in [0.15, 0.2) is 11.6 Å². The van der Waals surface area contributed by atoms with Crippen LogP contribution in [0, 0.1) is 5.82 Å². The van der Waals surface area contributed by atoms with Crippen molar-refractivity contribution in [1.82, 2.24) is 15.2 Å². The second kappa shape index (κ2) is 7.26. The Morgan fingerprint density at radius 3 is 2.72 bits per heavy atom. The topological polar surface area (TPSA) is 65.5 Å². The van der Waals surface area contributed by atoms with Gasteiger partial charge < -0.3 is 10.4 Å². The van der Waals surface area contributed by atoms with Crippen LogP contribution < -0.4 is 5.32 Å². The number of phenolic OH excluding ortho intramolecular Hbond substituents is 1. The maximum absolute atomic E-state index is 13.4. The number of piperidine rings is 1. The van der Waals surface area contributed by atoms with Gasteiger partial charge >= 0.3 is 0 Å². The lowest BCUT2D eigenvalue weighted by molar-refractivity contribution is 0.0696. The molecule has 0 saturated carbocycles. The summed E-state index contributed by atoms with van der Waals surface area (Å²) in [4.78, 5) is 18.1. The summed E-state index contributed by atoms with van der Waals surface area (Å²) in [5.74, 6) is -1.61. The number of aromatic hydroxyl groups is 1. The highest BCUT2D eigenvalue weighted by Crippen LogP contribution is 2.23. The van der Waals surface area contributed by atoms with Crippen LogP contribution >= 0.6 is 0 Å². The van der Waals surface area contributed by atoms with E-state index in [9.17, 15) is 23.1 Å². The molecule has 1 saturated heterocycles. The van der Waals surface area contributed by atoms with Crippen molar-refractivity contribution in [3.8, 4) is 5.75 Å². The van der Waals surface area contributed by atoms with E-state index in [1.54, 1.807) is 4.90 Å². The van der Waals surface area contributed by atoms with Gasteiger partial charge in [-0.1, -0.05) is 0 Å². The number of carbonyl (C=O) groups excluding carboxylic acids is 1. The van der Waals surface area contributed by atoms with Crippen molar-refractivity contribution in [3.05, 3.63) is 35.8 Å². The fourth-order valence-corrected chi connectivity index (χ4v) is 2.99. The van der Waals surface area contributed by atoms with Crippen molar-refractivity contribution >= 4 is 16.8 Å². The summed E-state index contributed by atoms with van der Waals surface area (Å²) in [5, 5.41) is 12.6. The van der Waals surface area contributed by atoms with Gasteiger partial charge in [0.1, 0.15) is 0 Å². The number of hydrogen-bond donors (Lipinski definition) is 2. The van der Waals surface area contributed by atoms with Crippen molar-refractivity contribution in [3.63, 3.8) is 0 Å². The molecule has 8 heteroatoms. The van der Waals surface area contributed by atoms with Gasteiger partial charge in [-0.15, -0.1) is 0 Å². The highest BCUT2D eigenvalue weighted by atomic mass is 19.3. The van der Waals surface area contributed by atoms with E-state index in [0.717, 1.165) is 6.07 Å². The van der Waals surface area contributed by atoms with E-state index < -0.39 is 18.0 Å². The lowest BCUT2D eigenvalue weighted by atomic mass is 10.0. The molecule has 1 aliphatic rings. The lowest BCUT2D eigenvalue weighted by Gasteiger charge is -2.32. The average Bonchev–Trinajstić information content (AvgIpc) is 2.57. The number of nitrogens with one attached hydrogen (secondary N) is 1. The van der Waals surface area contributed by atoms with E-state index in [0.29, 0.717) is 36.8 Å². The number of carbonyl (C=O) groups is 1. The zero-order chi connectivity index (χ0) is 18.0. The van der Waals surface area contributed by atoms with Crippen LogP contribution in [0.15, 0.2) is 24.4 Å². The fraction of sp³-hybridized carbons (Fsp3) is 0.412. The molecule has 2 aromatic rings. The van der Waals surface area contributed by atoms with E-state index in [4.69, 9.17) is 0 Å². The van der Waals surface area contributed by atoms with E-state index >= 15 is 0 Å². The number of amides is 1. The highest BCUT2D eigenvalue weighted by molar-refractivity contribution is 5.97. The first-order valence-corrected chi connectivity index (χ1v) is 8.02. The quantitative estimate of drug-likeness (QED) is 0.887. The number of likely N-dealkylation sites (tertiary alicyclic amines) is 1. The Balaban J connectivity index is 1.64. The standard InChI is InChI=1S/C17H18F3N3O2/c18-13-6-10-5-11(8-21-14(10)7-15(13)24)17(25)22-12-1-3-23(4-2-12)9-16(19)20/h5-8,12,16,24H,1-4,9H2,(H,22,25). The minimum Gasteiger partial charge on any atom is -0.505 e. The van der Waals surface area contributed by atoms with Gasteiger partial charge in [-0.2, -0.15) is 0 Å². The SMILES string of the molecule is O=C(NC1CCN(CC(F)F)CC1)c1cnc2cc(O)c(F)cc2c1. The number of nitrogens with zero attached hydrogens (tertiary/aromatic N) is 2. The smallest absolute Gasteiger partial charge is 0.253 e. The zero-order valence-corrected chi connectivity index (χ0v) is 13.4. The third-order valence-corrected chi connectivity index (χ3v) is 4.33. The molecular formula is C17H18F3N3O2. The molecule has 2 N–H and O–H groups in total. The van der Waals surface area contributed by atoms with Crippen LogP contribution in [0.2, 0.25) is 0 Å². The third kappa shape index (κ3) is 4.19. The second-order valence-corrected chi connectivity index (χ2v) is 6.16. The molecule has 3 rings (SSSR count). The van der Waals surface area contributed by atoms with Crippen LogP contribution in [-0.2, 0) is 0 Å². The first-order valence-electron chi connectivity index (χ1n) is 8.02. The number of alkyl halides is 2. The first kappa shape index (κ1) is 17.5. The summed E-state index contributed by atoms with van der Waals surface area (Å²) >= 11 is 0. The van der Waals surface area contributed by atoms with Gasteiger partial charge in [-0.05, 0) is 25.0 Å². The van der Waals surface area contributed by atoms with Crippen molar-refractivity contribution in [1.29, 1.82) is 0 Å². The molecule has 0 unspecified atom stereocenters. The van der Waals surface area contributed by atoms with Crippen LogP contribution in [0.4, 0.5) is 13.2 Å². The third-order valence-electron chi connectivity index (χ3n) is 4.33. The Kier molecular flexibility index (Phi) is 5.08. The molecule has 0 spiro atoms. The molecule has 1 aromatic carbocycles. The van der Waals surface area contributed by atoms with E-state index in [2.05, 4.69) is 10.3 Å². The van der Waals surface area contributed by atoms with Crippen molar-refractivity contribution in [2.45, 2.75) is 25.3 Å². The molecule has 0 atom stereocenters. The van der Waals surface area contributed by atoms with Crippen LogP contribution in [0.5, 0.6) is 5.75 Å². The second-order valence-electron chi connectivity index (χ2n) is 6.16. The number of benzene rings is 1. The van der Waals surface area contributed by atoms with E-state index in [-0.39, 0.29) is 24.1 Å². The summed E-state index contributed by atoms with van der Waals surface area (Å²) in [6.45, 7) is 0.777. The molecule has 0 aliphatic carbocycles. The van der Waals surface area contributed by atoms with Crippen LogP contribution in [0.1, 0.15) is 23.2 Å². The molecular weight excluding hydrogens is 335 g/mol. The lowest BCUT2D eigenvalue weighted by Crippen LogP contribution is -2.45. The van der Waals surface area contributed by atoms with Gasteiger partial charge in [-0.3, -0.25) is 14.7 Å². The zero-order valence-electron chi connectivity index (χ0n) is 13.4. The summed E-state index contributed by atoms with van der Waals surface area (Å²) in [5.41, 5.74) is 0.670. The molecule has 25 heavy (non-hydrogen) atoms. The molecule has 1 fully saturated rings. The number of phenols is 1. The maximum Gasteiger partial charge on any atom is 0.253 e. The van der Waals surface area contributed by atoms with Gasteiger partial charge in [-0.25, -0.2) is 13.2 Å². The normalized spacial score (nSPS) is 16.5. The predicted molar refractivity (Wildman–Crippen MR) is 86.3 cm³/mol. The molecule has 1 amide bonds. The van der Waals surface area contributed by atoms with E-state index in [1.165, 1.54) is 18.3 Å². The Morgan fingerprint density at radius 1 is 1.32 bits per heavy atom. The fourth-order valence-electron chi connectivity index (χ4n) is 2.99. The summed E-state index contributed by atoms with van der Waals surface area (Å²) < 4.78 is 38.2.